The van der Waals surface area contributed by atoms with Gasteiger partial charge in [0.2, 0.25) is 5.91 Å². The number of aromatic nitrogens is 1. The fraction of sp³-hybridized carbons (Fsp3) is 0.167. The van der Waals surface area contributed by atoms with Crippen LogP contribution in [-0.4, -0.2) is 21.9 Å². The van der Waals surface area contributed by atoms with Crippen LogP contribution in [0.15, 0.2) is 72.1 Å². The largest absolute Gasteiger partial charge is 0.350 e. The third kappa shape index (κ3) is 3.21. The third-order valence-corrected chi connectivity index (χ3v) is 6.71. The number of benzene rings is 2. The second kappa shape index (κ2) is 7.35. The highest BCUT2D eigenvalue weighted by molar-refractivity contribution is 7.16. The fourth-order valence-corrected chi connectivity index (χ4v) is 5.06. The summed E-state index contributed by atoms with van der Waals surface area (Å²) in [6.45, 7) is 2.42. The van der Waals surface area contributed by atoms with Crippen molar-refractivity contribution in [2.24, 2.45) is 0 Å². The molecule has 1 aliphatic heterocycles. The topological polar surface area (TPSA) is 54.3 Å². The van der Waals surface area contributed by atoms with Gasteiger partial charge in [-0.2, -0.15) is 0 Å². The number of thiophene rings is 1. The summed E-state index contributed by atoms with van der Waals surface area (Å²) in [5.74, 6) is -0.941. The van der Waals surface area contributed by atoms with Crippen LogP contribution in [0.5, 0.6) is 0 Å². The highest BCUT2D eigenvalue weighted by atomic mass is 32.1. The molecule has 2 amide bonds. The van der Waals surface area contributed by atoms with Crippen LogP contribution < -0.4 is 10.2 Å². The Morgan fingerprint density at radius 3 is 2.61 bits per heavy atom. The molecule has 31 heavy (non-hydrogen) atoms. The Morgan fingerprint density at radius 2 is 1.87 bits per heavy atom. The monoisotopic (exact) mass is 433 g/mol. The van der Waals surface area contributed by atoms with Crippen LogP contribution in [0.1, 0.15) is 23.0 Å². The van der Waals surface area contributed by atoms with Gasteiger partial charge >= 0.3 is 0 Å². The van der Waals surface area contributed by atoms with E-state index in [1.165, 1.54) is 29.2 Å². The van der Waals surface area contributed by atoms with E-state index in [1.807, 2.05) is 52.4 Å². The lowest BCUT2D eigenvalue weighted by Gasteiger charge is -2.44. The van der Waals surface area contributed by atoms with Gasteiger partial charge < -0.3 is 9.88 Å². The van der Waals surface area contributed by atoms with E-state index in [4.69, 9.17) is 0 Å². The van der Waals surface area contributed by atoms with Crippen molar-refractivity contribution in [3.05, 3.63) is 89.2 Å². The van der Waals surface area contributed by atoms with Gasteiger partial charge in [0.1, 0.15) is 21.9 Å². The Balaban J connectivity index is 1.57. The van der Waals surface area contributed by atoms with E-state index < -0.39 is 11.4 Å². The highest BCUT2D eigenvalue weighted by Crippen LogP contribution is 2.37. The molecule has 3 heterocycles. The van der Waals surface area contributed by atoms with Crippen molar-refractivity contribution in [3.63, 3.8) is 0 Å². The zero-order chi connectivity index (χ0) is 21.6. The number of carbonyl (C=O) groups excluding carboxylic acids is 2. The second-order valence-corrected chi connectivity index (χ2v) is 8.75. The maximum absolute atomic E-state index is 13.6. The molecule has 1 aliphatic rings. The molecule has 0 saturated carbocycles. The maximum atomic E-state index is 13.6. The molecule has 156 valence electrons. The van der Waals surface area contributed by atoms with Gasteiger partial charge in [0.15, 0.2) is 0 Å². The standard InChI is InChI=1S/C24H20FN3O2S/c1-24(23(30)26-14-16-5-3-2-4-6-16)15-27-20(13-17-11-12-31-22(17)27)21(29)28(24)19-9-7-18(25)8-10-19/h2-13H,14-15H2,1H3,(H,26,30)/t24-/m1/s1. The van der Waals surface area contributed by atoms with Gasteiger partial charge in [-0.3, -0.25) is 14.5 Å². The van der Waals surface area contributed by atoms with E-state index in [0.717, 1.165) is 15.8 Å². The number of nitrogens with one attached hydrogen (secondary N) is 1. The molecular weight excluding hydrogens is 413 g/mol. The van der Waals surface area contributed by atoms with E-state index in [0.29, 0.717) is 24.5 Å². The molecule has 5 rings (SSSR count). The molecule has 2 aromatic carbocycles. The summed E-state index contributed by atoms with van der Waals surface area (Å²) in [5, 5.41) is 5.94. The predicted octanol–water partition coefficient (Wildman–Crippen LogP) is 4.58. The van der Waals surface area contributed by atoms with Crippen LogP contribution in [-0.2, 0) is 17.9 Å². The van der Waals surface area contributed by atoms with Crippen molar-refractivity contribution in [2.45, 2.75) is 25.6 Å². The first-order chi connectivity index (χ1) is 15.0. The minimum absolute atomic E-state index is 0.266. The van der Waals surface area contributed by atoms with Crippen LogP contribution in [0.25, 0.3) is 10.2 Å². The van der Waals surface area contributed by atoms with Crippen LogP contribution in [0, 0.1) is 5.82 Å². The number of rotatable bonds is 4. The molecule has 1 N–H and O–H groups in total. The molecule has 2 aromatic heterocycles. The van der Waals surface area contributed by atoms with Gasteiger partial charge in [0, 0.05) is 17.6 Å². The molecular formula is C24H20FN3O2S. The molecule has 0 spiro atoms. The average molecular weight is 434 g/mol. The Bertz CT molecular complexity index is 1280. The number of hydrogen-bond donors (Lipinski definition) is 1. The van der Waals surface area contributed by atoms with E-state index in [9.17, 15) is 14.0 Å². The highest BCUT2D eigenvalue weighted by Gasteiger charge is 2.48. The van der Waals surface area contributed by atoms with Crippen molar-refractivity contribution in [1.29, 1.82) is 0 Å². The Labute approximate surface area is 182 Å². The zero-order valence-corrected chi connectivity index (χ0v) is 17.7. The molecule has 0 unspecified atom stereocenters. The number of hydrogen-bond acceptors (Lipinski definition) is 3. The number of halogens is 1. The second-order valence-electron chi connectivity index (χ2n) is 7.86. The predicted molar refractivity (Wildman–Crippen MR) is 120 cm³/mol. The number of fused-ring (bicyclic) bond motifs is 3. The van der Waals surface area contributed by atoms with E-state index >= 15 is 0 Å². The molecule has 5 nitrogen and oxygen atoms in total. The molecule has 0 fully saturated rings. The first kappa shape index (κ1) is 19.5. The lowest BCUT2D eigenvalue weighted by molar-refractivity contribution is -0.126. The summed E-state index contributed by atoms with van der Waals surface area (Å²) in [7, 11) is 0. The van der Waals surface area contributed by atoms with Crippen molar-refractivity contribution in [3.8, 4) is 0 Å². The number of anilines is 1. The summed E-state index contributed by atoms with van der Waals surface area (Å²) in [4.78, 5) is 29.6. The quantitative estimate of drug-likeness (QED) is 0.512. The van der Waals surface area contributed by atoms with Crippen molar-refractivity contribution >= 4 is 39.1 Å². The lowest BCUT2D eigenvalue weighted by Crippen LogP contribution is -2.64. The molecule has 0 saturated heterocycles. The number of nitrogens with zero attached hydrogens (tertiary/aromatic N) is 2. The van der Waals surface area contributed by atoms with E-state index in [1.54, 1.807) is 18.3 Å². The SMILES string of the molecule is C[C@]1(C(=O)NCc2ccccc2)Cn2c(cc3ccsc32)C(=O)N1c1ccc(F)cc1. The third-order valence-electron chi connectivity index (χ3n) is 5.75. The first-order valence-corrected chi connectivity index (χ1v) is 10.8. The summed E-state index contributed by atoms with van der Waals surface area (Å²) in [6, 6.07) is 19.1. The molecule has 4 aromatic rings. The normalized spacial score (nSPS) is 18.3. The fourth-order valence-electron chi connectivity index (χ4n) is 4.16. The van der Waals surface area contributed by atoms with Gasteiger partial charge in [-0.15, -0.1) is 11.3 Å². The summed E-state index contributed by atoms with van der Waals surface area (Å²) in [5.41, 5.74) is 0.795. The Kier molecular flexibility index (Phi) is 4.63. The summed E-state index contributed by atoms with van der Waals surface area (Å²) >= 11 is 1.54. The number of carbonyl (C=O) groups is 2. The van der Waals surface area contributed by atoms with Crippen LogP contribution in [0.4, 0.5) is 10.1 Å². The minimum Gasteiger partial charge on any atom is -0.350 e. The van der Waals surface area contributed by atoms with E-state index in [2.05, 4.69) is 5.32 Å². The first-order valence-electron chi connectivity index (χ1n) is 9.96. The van der Waals surface area contributed by atoms with E-state index in [-0.39, 0.29) is 11.8 Å². The maximum Gasteiger partial charge on any atom is 0.275 e. The van der Waals surface area contributed by atoms with Crippen LogP contribution in [0.3, 0.4) is 0 Å². The van der Waals surface area contributed by atoms with Crippen molar-refractivity contribution in [2.75, 3.05) is 4.90 Å². The van der Waals surface area contributed by atoms with Gasteiger partial charge in [0.25, 0.3) is 5.91 Å². The molecule has 0 aliphatic carbocycles. The molecule has 7 heteroatoms. The Hall–Kier alpha value is -3.45. The number of amides is 2. The van der Waals surface area contributed by atoms with Crippen LogP contribution in [0.2, 0.25) is 0 Å². The van der Waals surface area contributed by atoms with Gasteiger partial charge in [0.05, 0.1) is 6.54 Å². The smallest absolute Gasteiger partial charge is 0.275 e. The minimum atomic E-state index is -1.19. The van der Waals surface area contributed by atoms with Gasteiger partial charge in [-0.1, -0.05) is 30.3 Å². The Morgan fingerprint density at radius 1 is 1.13 bits per heavy atom. The molecule has 0 bridgehead atoms. The lowest BCUT2D eigenvalue weighted by atomic mass is 9.93. The van der Waals surface area contributed by atoms with Crippen LogP contribution >= 0.6 is 11.3 Å². The molecule has 0 radical (unpaired) electrons. The van der Waals surface area contributed by atoms with Crippen molar-refractivity contribution < 1.29 is 14.0 Å². The van der Waals surface area contributed by atoms with Gasteiger partial charge in [-0.05, 0) is 54.3 Å². The summed E-state index contributed by atoms with van der Waals surface area (Å²) < 4.78 is 15.5. The van der Waals surface area contributed by atoms with Crippen molar-refractivity contribution in [1.82, 2.24) is 9.88 Å². The van der Waals surface area contributed by atoms with Gasteiger partial charge in [-0.25, -0.2) is 4.39 Å². The molecule has 1 atom stereocenters. The average Bonchev–Trinajstić information content (AvgIpc) is 3.36. The summed E-state index contributed by atoms with van der Waals surface area (Å²) in [6.07, 6.45) is 0. The zero-order valence-electron chi connectivity index (χ0n) is 16.8.